The van der Waals surface area contributed by atoms with Crippen LogP contribution in [0.25, 0.3) is 32.7 Å². The smallest absolute Gasteiger partial charge is 0.00990 e. The fourth-order valence-corrected chi connectivity index (χ4v) is 2.84. The third-order valence-corrected chi connectivity index (χ3v) is 3.83. The Bertz CT molecular complexity index is 889. The Morgan fingerprint density at radius 1 is 0.450 bits per heavy atom. The molecule has 0 aliphatic rings. The maximum absolute atomic E-state index is 2.30. The molecule has 20 heavy (non-hydrogen) atoms. The minimum absolute atomic E-state index is 1.27. The van der Waals surface area contributed by atoms with E-state index in [4.69, 9.17) is 0 Å². The minimum Gasteiger partial charge on any atom is -0.0622 e. The molecule has 0 bridgehead atoms. The first kappa shape index (κ1) is 11.2. The average Bonchev–Trinajstić information content (AvgIpc) is 2.53. The summed E-state index contributed by atoms with van der Waals surface area (Å²) in [5, 5.41) is 5.20. The zero-order valence-electron chi connectivity index (χ0n) is 11.1. The normalized spacial score (nSPS) is 11.0. The van der Waals surface area contributed by atoms with E-state index in [1.165, 1.54) is 32.7 Å². The van der Waals surface area contributed by atoms with Crippen LogP contribution >= 0.6 is 0 Å². The molecule has 0 aliphatic carbocycles. The summed E-state index contributed by atoms with van der Waals surface area (Å²) in [4.78, 5) is 0. The SMILES string of the molecule is c1ccc(-c2cccc3cc4ccccc4cc23)cc1. The van der Waals surface area contributed by atoms with Crippen LogP contribution in [0.1, 0.15) is 0 Å². The lowest BCUT2D eigenvalue weighted by atomic mass is 9.96. The van der Waals surface area contributed by atoms with Gasteiger partial charge in [0.15, 0.2) is 0 Å². The van der Waals surface area contributed by atoms with Crippen molar-refractivity contribution in [3.63, 3.8) is 0 Å². The van der Waals surface area contributed by atoms with Gasteiger partial charge in [0.2, 0.25) is 0 Å². The van der Waals surface area contributed by atoms with Crippen LogP contribution in [-0.2, 0) is 0 Å². The van der Waals surface area contributed by atoms with Gasteiger partial charge in [-0.1, -0.05) is 72.8 Å². The summed E-state index contributed by atoms with van der Waals surface area (Å²) in [5.74, 6) is 0. The van der Waals surface area contributed by atoms with E-state index in [2.05, 4.69) is 84.9 Å². The highest BCUT2D eigenvalue weighted by molar-refractivity contribution is 6.04. The van der Waals surface area contributed by atoms with Gasteiger partial charge < -0.3 is 0 Å². The third-order valence-electron chi connectivity index (χ3n) is 3.83. The van der Waals surface area contributed by atoms with Gasteiger partial charge in [-0.3, -0.25) is 0 Å². The molecule has 4 rings (SSSR count). The molecule has 94 valence electrons. The van der Waals surface area contributed by atoms with Crippen LogP contribution in [-0.4, -0.2) is 0 Å². The van der Waals surface area contributed by atoms with Gasteiger partial charge in [-0.05, 0) is 44.8 Å². The predicted molar refractivity (Wildman–Crippen MR) is 86.9 cm³/mol. The van der Waals surface area contributed by atoms with Gasteiger partial charge in [-0.15, -0.1) is 0 Å². The van der Waals surface area contributed by atoms with E-state index in [9.17, 15) is 0 Å². The fourth-order valence-electron chi connectivity index (χ4n) is 2.84. The maximum atomic E-state index is 2.30. The Morgan fingerprint density at radius 3 is 1.90 bits per heavy atom. The Kier molecular flexibility index (Phi) is 2.53. The number of benzene rings is 4. The second kappa shape index (κ2) is 4.50. The predicted octanol–water partition coefficient (Wildman–Crippen LogP) is 5.66. The van der Waals surface area contributed by atoms with E-state index in [1.807, 2.05) is 0 Å². The van der Waals surface area contributed by atoms with Crippen LogP contribution in [0.2, 0.25) is 0 Å². The van der Waals surface area contributed by atoms with Gasteiger partial charge >= 0.3 is 0 Å². The van der Waals surface area contributed by atoms with Gasteiger partial charge in [-0.25, -0.2) is 0 Å². The van der Waals surface area contributed by atoms with E-state index in [0.717, 1.165) is 0 Å². The van der Waals surface area contributed by atoms with Crippen LogP contribution in [0.4, 0.5) is 0 Å². The van der Waals surface area contributed by atoms with Crippen molar-refractivity contribution in [2.75, 3.05) is 0 Å². The van der Waals surface area contributed by atoms with Crippen LogP contribution in [0.5, 0.6) is 0 Å². The second-order valence-corrected chi connectivity index (χ2v) is 5.09. The van der Waals surface area contributed by atoms with E-state index in [1.54, 1.807) is 0 Å². The molecule has 4 aromatic rings. The summed E-state index contributed by atoms with van der Waals surface area (Å²) in [6, 6.07) is 30.2. The molecule has 0 saturated carbocycles. The molecule has 0 aromatic heterocycles. The molecule has 0 saturated heterocycles. The molecule has 0 fully saturated rings. The largest absolute Gasteiger partial charge is 0.0622 e. The van der Waals surface area contributed by atoms with Crippen LogP contribution in [0, 0.1) is 0 Å². The summed E-state index contributed by atoms with van der Waals surface area (Å²) >= 11 is 0. The quantitative estimate of drug-likeness (QED) is 0.384. The summed E-state index contributed by atoms with van der Waals surface area (Å²) in [6.45, 7) is 0. The first-order valence-corrected chi connectivity index (χ1v) is 6.89. The molecule has 0 atom stereocenters. The Labute approximate surface area is 118 Å². The van der Waals surface area contributed by atoms with Crippen LogP contribution < -0.4 is 0 Å². The summed E-state index contributed by atoms with van der Waals surface area (Å²) in [6.07, 6.45) is 0. The van der Waals surface area contributed by atoms with Crippen LogP contribution in [0.3, 0.4) is 0 Å². The average molecular weight is 254 g/mol. The van der Waals surface area contributed by atoms with Gasteiger partial charge in [0, 0.05) is 0 Å². The number of rotatable bonds is 1. The highest BCUT2D eigenvalue weighted by Crippen LogP contribution is 2.31. The van der Waals surface area contributed by atoms with E-state index < -0.39 is 0 Å². The van der Waals surface area contributed by atoms with E-state index in [-0.39, 0.29) is 0 Å². The molecule has 0 nitrogen and oxygen atoms in total. The highest BCUT2D eigenvalue weighted by Gasteiger charge is 2.04. The monoisotopic (exact) mass is 254 g/mol. The van der Waals surface area contributed by atoms with Gasteiger partial charge in [0.25, 0.3) is 0 Å². The maximum Gasteiger partial charge on any atom is -0.00990 e. The summed E-state index contributed by atoms with van der Waals surface area (Å²) < 4.78 is 0. The molecule has 0 unspecified atom stereocenters. The van der Waals surface area contributed by atoms with Crippen molar-refractivity contribution in [1.82, 2.24) is 0 Å². The van der Waals surface area contributed by atoms with Gasteiger partial charge in [-0.2, -0.15) is 0 Å². The molecule has 0 amide bonds. The summed E-state index contributed by atoms with van der Waals surface area (Å²) in [5.41, 5.74) is 2.57. The lowest BCUT2D eigenvalue weighted by Crippen LogP contribution is -1.82. The molecule has 0 radical (unpaired) electrons. The highest BCUT2D eigenvalue weighted by atomic mass is 14.1. The minimum atomic E-state index is 1.27. The van der Waals surface area contributed by atoms with Crippen molar-refractivity contribution in [1.29, 1.82) is 0 Å². The first-order chi connectivity index (χ1) is 9.92. The molecule has 0 aliphatic heterocycles. The number of fused-ring (bicyclic) bond motifs is 2. The fraction of sp³-hybridized carbons (Fsp3) is 0. The van der Waals surface area contributed by atoms with Gasteiger partial charge in [0.1, 0.15) is 0 Å². The zero-order valence-corrected chi connectivity index (χ0v) is 11.1. The molecule has 0 heterocycles. The van der Waals surface area contributed by atoms with Crippen LogP contribution in [0.15, 0.2) is 84.9 Å². The molecule has 4 aromatic carbocycles. The topological polar surface area (TPSA) is 0 Å². The van der Waals surface area contributed by atoms with Crippen molar-refractivity contribution < 1.29 is 0 Å². The molecular weight excluding hydrogens is 240 g/mol. The third kappa shape index (κ3) is 1.78. The lowest BCUT2D eigenvalue weighted by Gasteiger charge is -2.08. The number of hydrogen-bond donors (Lipinski definition) is 0. The lowest BCUT2D eigenvalue weighted by molar-refractivity contribution is 1.66. The Morgan fingerprint density at radius 2 is 1.10 bits per heavy atom. The first-order valence-electron chi connectivity index (χ1n) is 6.89. The van der Waals surface area contributed by atoms with Crippen molar-refractivity contribution in [2.24, 2.45) is 0 Å². The van der Waals surface area contributed by atoms with Crippen molar-refractivity contribution >= 4 is 21.5 Å². The van der Waals surface area contributed by atoms with E-state index >= 15 is 0 Å². The Hall–Kier alpha value is -2.60. The molecule has 0 heteroatoms. The molecule has 0 spiro atoms. The van der Waals surface area contributed by atoms with Crippen molar-refractivity contribution in [3.8, 4) is 11.1 Å². The Balaban J connectivity index is 2.09. The molecular formula is C20H14. The number of hydrogen-bond acceptors (Lipinski definition) is 0. The molecule has 0 N–H and O–H groups in total. The zero-order chi connectivity index (χ0) is 13.4. The van der Waals surface area contributed by atoms with Crippen molar-refractivity contribution in [3.05, 3.63) is 84.9 Å². The summed E-state index contributed by atoms with van der Waals surface area (Å²) in [7, 11) is 0. The van der Waals surface area contributed by atoms with Crippen molar-refractivity contribution in [2.45, 2.75) is 0 Å². The standard InChI is InChI=1S/C20H14/c1-2-7-15(8-3-1)19-12-6-11-18-13-16-9-4-5-10-17(16)14-20(18)19/h1-14H. The van der Waals surface area contributed by atoms with Gasteiger partial charge in [0.05, 0.1) is 0 Å². The van der Waals surface area contributed by atoms with E-state index in [0.29, 0.717) is 0 Å². The second-order valence-electron chi connectivity index (χ2n) is 5.09.